The first-order chi connectivity index (χ1) is 8.91. The van der Waals surface area contributed by atoms with Crippen LogP contribution < -0.4 is 0 Å². The predicted octanol–water partition coefficient (Wildman–Crippen LogP) is 3.53. The van der Waals surface area contributed by atoms with Gasteiger partial charge in [0.25, 0.3) is 11.6 Å². The fourth-order valence-corrected chi connectivity index (χ4v) is 2.37. The van der Waals surface area contributed by atoms with Crippen molar-refractivity contribution in [1.29, 1.82) is 0 Å². The Kier molecular flexibility index (Phi) is 3.96. The molecule has 1 aliphatic carbocycles. The van der Waals surface area contributed by atoms with Gasteiger partial charge >= 0.3 is 0 Å². The van der Waals surface area contributed by atoms with Gasteiger partial charge in [-0.1, -0.05) is 23.2 Å². The van der Waals surface area contributed by atoms with Crippen LogP contribution in [-0.4, -0.2) is 28.8 Å². The van der Waals surface area contributed by atoms with Crippen LogP contribution in [0.15, 0.2) is 12.1 Å². The Morgan fingerprint density at radius 3 is 2.53 bits per heavy atom. The number of halogens is 2. The van der Waals surface area contributed by atoms with E-state index in [0.29, 0.717) is 0 Å². The molecule has 0 unspecified atom stereocenters. The molecule has 0 radical (unpaired) electrons. The fourth-order valence-electron chi connectivity index (χ4n) is 1.97. The second-order valence-electron chi connectivity index (χ2n) is 4.55. The molecule has 1 saturated carbocycles. The summed E-state index contributed by atoms with van der Waals surface area (Å²) in [7, 11) is 1.69. The number of benzene rings is 1. The van der Waals surface area contributed by atoms with Gasteiger partial charge in [0.15, 0.2) is 0 Å². The van der Waals surface area contributed by atoms with E-state index in [0.717, 1.165) is 19.3 Å². The van der Waals surface area contributed by atoms with E-state index in [2.05, 4.69) is 0 Å². The van der Waals surface area contributed by atoms with Crippen molar-refractivity contribution in [1.82, 2.24) is 4.90 Å². The maximum Gasteiger partial charge on any atom is 0.290 e. The van der Waals surface area contributed by atoms with Crippen LogP contribution >= 0.6 is 23.2 Å². The summed E-state index contributed by atoms with van der Waals surface area (Å²) in [6, 6.07) is 2.75. The van der Waals surface area contributed by atoms with Gasteiger partial charge in [-0.25, -0.2) is 0 Å². The molecule has 0 heterocycles. The van der Waals surface area contributed by atoms with E-state index in [4.69, 9.17) is 23.2 Å². The molecule has 0 N–H and O–H groups in total. The van der Waals surface area contributed by atoms with Crippen LogP contribution in [0.5, 0.6) is 0 Å². The summed E-state index contributed by atoms with van der Waals surface area (Å²) >= 11 is 11.6. The molecule has 0 aromatic heterocycles. The molecule has 5 nitrogen and oxygen atoms in total. The normalized spacial score (nSPS) is 14.9. The lowest BCUT2D eigenvalue weighted by molar-refractivity contribution is -0.384. The monoisotopic (exact) mass is 302 g/mol. The Labute approximate surface area is 120 Å². The molecular formula is C12H12Cl2N2O3. The summed E-state index contributed by atoms with van der Waals surface area (Å²) in [4.78, 5) is 24.0. The maximum absolute atomic E-state index is 12.2. The number of nitro groups is 1. The molecule has 1 aliphatic rings. The Hall–Kier alpha value is -1.33. The molecule has 7 heteroatoms. The van der Waals surface area contributed by atoms with Crippen LogP contribution in [0.1, 0.15) is 29.6 Å². The van der Waals surface area contributed by atoms with E-state index in [1.807, 2.05) is 0 Å². The Bertz CT molecular complexity index is 544. The minimum absolute atomic E-state index is 0.0150. The molecule has 1 aromatic rings. The summed E-state index contributed by atoms with van der Waals surface area (Å²) in [6.07, 6.45) is 3.03. The van der Waals surface area contributed by atoms with Crippen LogP contribution in [0.4, 0.5) is 5.69 Å². The van der Waals surface area contributed by atoms with Crippen molar-refractivity contribution >= 4 is 34.8 Å². The van der Waals surface area contributed by atoms with Crippen molar-refractivity contribution < 1.29 is 9.72 Å². The highest BCUT2D eigenvalue weighted by atomic mass is 35.5. The minimum Gasteiger partial charge on any atom is -0.339 e. The molecule has 1 aromatic carbocycles. The third kappa shape index (κ3) is 2.67. The van der Waals surface area contributed by atoms with E-state index in [1.165, 1.54) is 12.1 Å². The van der Waals surface area contributed by atoms with E-state index >= 15 is 0 Å². The zero-order valence-corrected chi connectivity index (χ0v) is 11.7. The number of hydrogen-bond acceptors (Lipinski definition) is 3. The van der Waals surface area contributed by atoms with Gasteiger partial charge in [-0.05, 0) is 25.3 Å². The number of amides is 1. The summed E-state index contributed by atoms with van der Waals surface area (Å²) in [5, 5.41) is 10.7. The van der Waals surface area contributed by atoms with Crippen molar-refractivity contribution in [2.75, 3.05) is 7.05 Å². The number of nitro benzene ring substituents is 1. The highest BCUT2D eigenvalue weighted by molar-refractivity contribution is 6.43. The Morgan fingerprint density at radius 1 is 1.42 bits per heavy atom. The van der Waals surface area contributed by atoms with Gasteiger partial charge in [-0.3, -0.25) is 14.9 Å². The van der Waals surface area contributed by atoms with E-state index in [9.17, 15) is 14.9 Å². The molecule has 102 valence electrons. The van der Waals surface area contributed by atoms with Gasteiger partial charge in [-0.2, -0.15) is 0 Å². The van der Waals surface area contributed by atoms with Crippen LogP contribution in [0.2, 0.25) is 10.0 Å². The quantitative estimate of drug-likeness (QED) is 0.634. The summed E-state index contributed by atoms with van der Waals surface area (Å²) in [6.45, 7) is 0. The van der Waals surface area contributed by atoms with Crippen molar-refractivity contribution in [2.24, 2.45) is 0 Å². The van der Waals surface area contributed by atoms with Crippen molar-refractivity contribution in [3.05, 3.63) is 37.9 Å². The molecule has 0 aliphatic heterocycles. The van der Waals surface area contributed by atoms with Gasteiger partial charge < -0.3 is 4.90 Å². The van der Waals surface area contributed by atoms with E-state index < -0.39 is 4.92 Å². The third-order valence-electron chi connectivity index (χ3n) is 3.40. The summed E-state index contributed by atoms with van der Waals surface area (Å²) in [5.74, 6) is -0.272. The largest absolute Gasteiger partial charge is 0.339 e. The third-order valence-corrected chi connectivity index (χ3v) is 4.19. The second-order valence-corrected chi connectivity index (χ2v) is 5.33. The van der Waals surface area contributed by atoms with E-state index in [-0.39, 0.29) is 33.2 Å². The number of rotatable bonds is 3. The molecule has 0 saturated heterocycles. The molecule has 1 fully saturated rings. The Morgan fingerprint density at radius 2 is 2.05 bits per heavy atom. The zero-order chi connectivity index (χ0) is 14.2. The molecule has 0 atom stereocenters. The molecule has 0 spiro atoms. The van der Waals surface area contributed by atoms with Gasteiger partial charge in [0.2, 0.25) is 0 Å². The summed E-state index contributed by atoms with van der Waals surface area (Å²) in [5.41, 5.74) is -0.157. The Balaban J connectivity index is 2.34. The van der Waals surface area contributed by atoms with Crippen molar-refractivity contribution in [3.63, 3.8) is 0 Å². The number of carbonyl (C=O) groups excluding carboxylic acids is 1. The van der Waals surface area contributed by atoms with Crippen LogP contribution in [0.3, 0.4) is 0 Å². The molecule has 2 rings (SSSR count). The lowest BCUT2D eigenvalue weighted by atomic mass is 9.91. The lowest BCUT2D eigenvalue weighted by Crippen LogP contribution is -2.41. The molecular weight excluding hydrogens is 291 g/mol. The van der Waals surface area contributed by atoms with Crippen LogP contribution in [0, 0.1) is 10.1 Å². The standard InChI is InChI=1S/C12H12Cl2N2O3/c1-15(8-3-2-4-8)12(17)7-5-9(13)11(14)10(6-7)16(18)19/h5-6,8H,2-4H2,1H3. The highest BCUT2D eigenvalue weighted by Gasteiger charge is 2.28. The number of carbonyl (C=O) groups is 1. The SMILES string of the molecule is CN(C(=O)c1cc(Cl)c(Cl)c([N+](=O)[O-])c1)C1CCC1. The molecule has 0 bridgehead atoms. The smallest absolute Gasteiger partial charge is 0.290 e. The fraction of sp³-hybridized carbons (Fsp3) is 0.417. The van der Waals surface area contributed by atoms with Gasteiger partial charge in [0, 0.05) is 24.7 Å². The van der Waals surface area contributed by atoms with Crippen LogP contribution in [-0.2, 0) is 0 Å². The van der Waals surface area contributed by atoms with Gasteiger partial charge in [0.1, 0.15) is 5.02 Å². The highest BCUT2D eigenvalue weighted by Crippen LogP contribution is 2.34. The summed E-state index contributed by atoms with van der Waals surface area (Å²) < 4.78 is 0. The predicted molar refractivity (Wildman–Crippen MR) is 72.8 cm³/mol. The van der Waals surface area contributed by atoms with Crippen LogP contribution in [0.25, 0.3) is 0 Å². The maximum atomic E-state index is 12.2. The first kappa shape index (κ1) is 14.1. The molecule has 1 amide bonds. The first-order valence-corrected chi connectivity index (χ1v) is 6.58. The molecule has 19 heavy (non-hydrogen) atoms. The zero-order valence-electron chi connectivity index (χ0n) is 10.2. The topological polar surface area (TPSA) is 63.5 Å². The van der Waals surface area contributed by atoms with Gasteiger partial charge in [-0.15, -0.1) is 0 Å². The lowest BCUT2D eigenvalue weighted by Gasteiger charge is -2.34. The van der Waals surface area contributed by atoms with Crippen molar-refractivity contribution in [3.8, 4) is 0 Å². The number of nitrogens with zero attached hydrogens (tertiary/aromatic N) is 2. The average molecular weight is 303 g/mol. The van der Waals surface area contributed by atoms with Crippen molar-refractivity contribution in [2.45, 2.75) is 25.3 Å². The second kappa shape index (κ2) is 5.35. The van der Waals surface area contributed by atoms with Gasteiger partial charge in [0.05, 0.1) is 9.95 Å². The average Bonchev–Trinajstić information content (AvgIpc) is 2.28. The first-order valence-electron chi connectivity index (χ1n) is 5.82. The number of hydrogen-bond donors (Lipinski definition) is 0. The van der Waals surface area contributed by atoms with E-state index in [1.54, 1.807) is 11.9 Å². The minimum atomic E-state index is -0.645.